The van der Waals surface area contributed by atoms with Crippen LogP contribution in [-0.2, 0) is 43.2 Å². The first-order valence-corrected chi connectivity index (χ1v) is 18.1. The Kier molecular flexibility index (Phi) is 16.5. The molecule has 0 aromatic heterocycles. The van der Waals surface area contributed by atoms with Gasteiger partial charge in [0, 0.05) is 62.7 Å². The number of amides is 7. The minimum absolute atomic E-state index is 0.0742. The molecule has 2 saturated carbocycles. The van der Waals surface area contributed by atoms with Gasteiger partial charge in [0.25, 0.3) is 35.4 Å². The molecule has 3 heterocycles. The molecule has 0 spiro atoms. The Labute approximate surface area is 294 Å². The van der Waals surface area contributed by atoms with Gasteiger partial charge < -0.3 is 15.9 Å². The quantitative estimate of drug-likeness (QED) is 0.226. The normalized spacial score (nSPS) is 24.7. The van der Waals surface area contributed by atoms with E-state index in [1.807, 2.05) is 0 Å². The summed E-state index contributed by atoms with van der Waals surface area (Å²) in [5.74, 6) is -2.18. The standard InChI is InChI=1S/C16H18N2O6.C16H24N2O3.C4H11N/c19-12-5-6-13(20)17(12)9-10-1-3-11(4-2-10)16(23)24-18-14(21)7-8-15(18)22;1-2-3-10-17-16(21)13-6-4-12(5-7-13)11-18-14(19)8-9-15(18)20;1-2-3-4-5/h5-6,10-11H,1-4,7-9H2;8-9,12-13H,2-7,10-11H2,1H3,(H,17,21);2-5H2,1H3. The summed E-state index contributed by atoms with van der Waals surface area (Å²) < 4.78 is 0. The van der Waals surface area contributed by atoms with Crippen LogP contribution in [0, 0.1) is 23.7 Å². The van der Waals surface area contributed by atoms with Crippen LogP contribution in [0.1, 0.15) is 104 Å². The van der Waals surface area contributed by atoms with E-state index in [0.717, 1.165) is 51.6 Å². The fraction of sp³-hybridized carbons (Fsp3) is 0.667. The van der Waals surface area contributed by atoms with E-state index < -0.39 is 17.8 Å². The summed E-state index contributed by atoms with van der Waals surface area (Å²) in [7, 11) is 0. The van der Waals surface area contributed by atoms with Gasteiger partial charge in [-0.05, 0) is 82.6 Å². The van der Waals surface area contributed by atoms with Crippen molar-refractivity contribution in [1.29, 1.82) is 0 Å². The smallest absolute Gasteiger partial charge is 0.336 e. The van der Waals surface area contributed by atoms with E-state index in [-0.39, 0.29) is 60.1 Å². The Morgan fingerprint density at radius 2 is 1.10 bits per heavy atom. The number of rotatable bonds is 12. The van der Waals surface area contributed by atoms with Gasteiger partial charge in [-0.2, -0.15) is 0 Å². The second kappa shape index (κ2) is 20.5. The van der Waals surface area contributed by atoms with Gasteiger partial charge in [-0.1, -0.05) is 26.7 Å². The number of nitrogens with two attached hydrogens (primary N) is 1. The minimum atomic E-state index is -0.563. The first kappa shape index (κ1) is 40.2. The molecule has 0 aromatic carbocycles. The number of carbonyl (C=O) groups excluding carboxylic acids is 8. The van der Waals surface area contributed by atoms with Crippen LogP contribution < -0.4 is 11.1 Å². The van der Waals surface area contributed by atoms with Crippen LogP contribution in [0.5, 0.6) is 0 Å². The zero-order chi connectivity index (χ0) is 36.6. The minimum Gasteiger partial charge on any atom is -0.356 e. The van der Waals surface area contributed by atoms with Crippen LogP contribution in [0.15, 0.2) is 24.3 Å². The van der Waals surface area contributed by atoms with Crippen LogP contribution in [0.2, 0.25) is 0 Å². The summed E-state index contributed by atoms with van der Waals surface area (Å²) >= 11 is 0. The highest BCUT2D eigenvalue weighted by atomic mass is 16.7. The third kappa shape index (κ3) is 12.0. The number of hydroxylamine groups is 2. The van der Waals surface area contributed by atoms with Gasteiger partial charge in [-0.25, -0.2) is 4.79 Å². The van der Waals surface area contributed by atoms with E-state index in [2.05, 4.69) is 19.2 Å². The molecule has 1 saturated heterocycles. The number of unbranched alkanes of at least 4 members (excludes halogenated alkanes) is 2. The lowest BCUT2D eigenvalue weighted by molar-refractivity contribution is -0.201. The average molecular weight is 700 g/mol. The molecule has 3 fully saturated rings. The molecule has 3 aliphatic heterocycles. The van der Waals surface area contributed by atoms with Crippen LogP contribution in [0.25, 0.3) is 0 Å². The first-order valence-electron chi connectivity index (χ1n) is 18.1. The SMILES string of the molecule is CCCCN.CCCCNC(=O)C1CCC(CN2C(=O)C=CC2=O)CC1.O=C(ON1C(=O)CCC1=O)C1CCC(CN2C(=O)C=CC2=O)CC1. The molecule has 7 amide bonds. The van der Waals surface area contributed by atoms with Gasteiger partial charge in [-0.15, -0.1) is 5.06 Å². The van der Waals surface area contributed by atoms with Crippen molar-refractivity contribution in [3.8, 4) is 0 Å². The molecule has 0 unspecified atom stereocenters. The lowest BCUT2D eigenvalue weighted by atomic mass is 9.81. The zero-order valence-electron chi connectivity index (χ0n) is 29.4. The van der Waals surface area contributed by atoms with Crippen molar-refractivity contribution in [1.82, 2.24) is 20.2 Å². The van der Waals surface area contributed by atoms with E-state index >= 15 is 0 Å². The van der Waals surface area contributed by atoms with Crippen LogP contribution in [0.3, 0.4) is 0 Å². The topological polar surface area (TPSA) is 194 Å². The lowest BCUT2D eigenvalue weighted by Crippen LogP contribution is -2.38. The third-order valence-corrected chi connectivity index (χ3v) is 9.65. The molecule has 14 heteroatoms. The van der Waals surface area contributed by atoms with Gasteiger partial charge in [0.05, 0.1) is 5.92 Å². The number of hydrogen-bond donors (Lipinski definition) is 2. The number of hydrogen-bond acceptors (Lipinski definition) is 10. The molecule has 0 atom stereocenters. The summed E-state index contributed by atoms with van der Waals surface area (Å²) in [6.45, 7) is 6.69. The maximum atomic E-state index is 12.1. The molecule has 14 nitrogen and oxygen atoms in total. The number of imide groups is 3. The maximum absolute atomic E-state index is 12.1. The zero-order valence-corrected chi connectivity index (χ0v) is 29.4. The predicted molar refractivity (Wildman–Crippen MR) is 182 cm³/mol. The molecular weight excluding hydrogens is 646 g/mol. The summed E-state index contributed by atoms with van der Waals surface area (Å²) in [6.07, 6.45) is 15.8. The largest absolute Gasteiger partial charge is 0.356 e. The van der Waals surface area contributed by atoms with E-state index in [1.54, 1.807) is 0 Å². The highest BCUT2D eigenvalue weighted by molar-refractivity contribution is 6.13. The molecule has 0 radical (unpaired) electrons. The van der Waals surface area contributed by atoms with Crippen molar-refractivity contribution in [2.75, 3.05) is 26.2 Å². The predicted octanol–water partition coefficient (Wildman–Crippen LogP) is 2.70. The van der Waals surface area contributed by atoms with Crippen molar-refractivity contribution in [3.63, 3.8) is 0 Å². The van der Waals surface area contributed by atoms with E-state index in [0.29, 0.717) is 49.8 Å². The number of nitrogens with zero attached hydrogens (tertiary/aromatic N) is 3. The molecule has 3 N–H and O–H groups in total. The van der Waals surface area contributed by atoms with Crippen LogP contribution >= 0.6 is 0 Å². The molecule has 5 rings (SSSR count). The maximum Gasteiger partial charge on any atom is 0.336 e. The van der Waals surface area contributed by atoms with Gasteiger partial charge in [0.2, 0.25) is 5.91 Å². The Morgan fingerprint density at radius 3 is 1.48 bits per heavy atom. The molecule has 50 heavy (non-hydrogen) atoms. The highest BCUT2D eigenvalue weighted by Crippen LogP contribution is 2.32. The van der Waals surface area contributed by atoms with E-state index in [4.69, 9.17) is 10.6 Å². The van der Waals surface area contributed by atoms with E-state index in [9.17, 15) is 38.4 Å². The number of nitrogens with one attached hydrogen (secondary N) is 1. The average Bonchev–Trinajstić information content (AvgIpc) is 3.73. The summed E-state index contributed by atoms with van der Waals surface area (Å²) in [6, 6.07) is 0. The number of carbonyl (C=O) groups is 8. The summed E-state index contributed by atoms with van der Waals surface area (Å²) in [5.41, 5.74) is 5.14. The fourth-order valence-electron chi connectivity index (χ4n) is 6.49. The highest BCUT2D eigenvalue weighted by Gasteiger charge is 2.37. The Bertz CT molecular complexity index is 1260. The molecular formula is C36H53N5O9. The molecule has 0 bridgehead atoms. The summed E-state index contributed by atoms with van der Waals surface area (Å²) in [4.78, 5) is 101. The Hall–Kier alpha value is -4.20. The van der Waals surface area contributed by atoms with Crippen LogP contribution in [0.4, 0.5) is 0 Å². The van der Waals surface area contributed by atoms with Crippen molar-refractivity contribution in [3.05, 3.63) is 24.3 Å². The van der Waals surface area contributed by atoms with Crippen molar-refractivity contribution < 1.29 is 43.2 Å². The van der Waals surface area contributed by atoms with E-state index in [1.165, 1.54) is 46.9 Å². The molecule has 2 aliphatic carbocycles. The monoisotopic (exact) mass is 699 g/mol. The lowest BCUT2D eigenvalue weighted by Gasteiger charge is -2.30. The second-order valence-corrected chi connectivity index (χ2v) is 13.5. The van der Waals surface area contributed by atoms with Gasteiger partial charge >= 0.3 is 5.97 Å². The molecule has 5 aliphatic rings. The van der Waals surface area contributed by atoms with Gasteiger partial charge in [-0.3, -0.25) is 43.4 Å². The Balaban J connectivity index is 0.000000240. The summed E-state index contributed by atoms with van der Waals surface area (Å²) in [5, 5.41) is 3.56. The van der Waals surface area contributed by atoms with Crippen molar-refractivity contribution in [2.24, 2.45) is 29.4 Å². The molecule has 276 valence electrons. The van der Waals surface area contributed by atoms with Crippen LogP contribution in [-0.4, -0.2) is 88.4 Å². The van der Waals surface area contributed by atoms with Crippen molar-refractivity contribution in [2.45, 2.75) is 104 Å². The molecule has 0 aromatic rings. The van der Waals surface area contributed by atoms with Gasteiger partial charge in [0.15, 0.2) is 0 Å². The van der Waals surface area contributed by atoms with Gasteiger partial charge in [0.1, 0.15) is 0 Å². The fourth-order valence-corrected chi connectivity index (χ4v) is 6.49. The third-order valence-electron chi connectivity index (χ3n) is 9.65. The van der Waals surface area contributed by atoms with Crippen molar-refractivity contribution >= 4 is 47.3 Å². The second-order valence-electron chi connectivity index (χ2n) is 13.5. The Morgan fingerprint density at radius 1 is 0.680 bits per heavy atom. The first-order chi connectivity index (χ1) is 24.0.